The second-order valence-electron chi connectivity index (χ2n) is 7.07. The Bertz CT molecular complexity index is 718. The molecule has 0 aliphatic carbocycles. The molecule has 0 bridgehead atoms. The van der Waals surface area contributed by atoms with E-state index in [0.717, 1.165) is 16.3 Å². The van der Waals surface area contributed by atoms with Gasteiger partial charge in [0, 0.05) is 39.3 Å². The molecule has 0 radical (unpaired) electrons. The number of halogens is 3. The SMILES string of the molecule is COc1ccccc1N1CCN(C(=O)C2CCCN(C(=O)C(F)(F)F)C2)CC1. The number of likely N-dealkylation sites (tertiary alicyclic amines) is 1. The van der Waals surface area contributed by atoms with Gasteiger partial charge in [-0.2, -0.15) is 13.2 Å². The summed E-state index contributed by atoms with van der Waals surface area (Å²) < 4.78 is 43.4. The van der Waals surface area contributed by atoms with E-state index in [1.165, 1.54) is 0 Å². The summed E-state index contributed by atoms with van der Waals surface area (Å²) in [5.74, 6) is -1.83. The van der Waals surface area contributed by atoms with E-state index in [9.17, 15) is 22.8 Å². The zero-order chi connectivity index (χ0) is 20.3. The van der Waals surface area contributed by atoms with Crippen LogP contribution in [0.1, 0.15) is 12.8 Å². The maximum absolute atomic E-state index is 12.8. The number of ether oxygens (including phenoxy) is 1. The Hall–Kier alpha value is -2.45. The molecule has 2 saturated heterocycles. The zero-order valence-corrected chi connectivity index (χ0v) is 15.7. The molecule has 1 atom stereocenters. The second-order valence-corrected chi connectivity index (χ2v) is 7.07. The van der Waals surface area contributed by atoms with Gasteiger partial charge in [-0.3, -0.25) is 9.59 Å². The first kappa shape index (κ1) is 20.3. The van der Waals surface area contributed by atoms with Gasteiger partial charge in [0.25, 0.3) is 0 Å². The minimum Gasteiger partial charge on any atom is -0.495 e. The first-order valence-electron chi connectivity index (χ1n) is 9.34. The van der Waals surface area contributed by atoms with E-state index in [-0.39, 0.29) is 19.0 Å². The van der Waals surface area contributed by atoms with Gasteiger partial charge in [-0.1, -0.05) is 12.1 Å². The Balaban J connectivity index is 1.58. The molecular formula is C19H24F3N3O3. The molecule has 9 heteroatoms. The number of para-hydroxylation sites is 2. The van der Waals surface area contributed by atoms with E-state index in [2.05, 4.69) is 4.90 Å². The quantitative estimate of drug-likeness (QED) is 0.782. The number of carbonyl (C=O) groups excluding carboxylic acids is 2. The number of hydrogen-bond acceptors (Lipinski definition) is 4. The van der Waals surface area contributed by atoms with Crippen molar-refractivity contribution in [2.45, 2.75) is 19.0 Å². The summed E-state index contributed by atoms with van der Waals surface area (Å²) in [5.41, 5.74) is 0.955. The van der Waals surface area contributed by atoms with Crippen molar-refractivity contribution >= 4 is 17.5 Å². The van der Waals surface area contributed by atoms with Crippen LogP contribution >= 0.6 is 0 Å². The topological polar surface area (TPSA) is 53.1 Å². The highest BCUT2D eigenvalue weighted by Gasteiger charge is 2.44. The van der Waals surface area contributed by atoms with E-state index < -0.39 is 18.0 Å². The first-order valence-corrected chi connectivity index (χ1v) is 9.34. The molecule has 1 aromatic rings. The summed E-state index contributed by atoms with van der Waals surface area (Å²) in [6, 6.07) is 7.64. The summed E-state index contributed by atoms with van der Waals surface area (Å²) >= 11 is 0. The molecule has 6 nitrogen and oxygen atoms in total. The van der Waals surface area contributed by atoms with Crippen molar-refractivity contribution in [3.8, 4) is 5.75 Å². The molecule has 1 unspecified atom stereocenters. The van der Waals surface area contributed by atoms with Gasteiger partial charge < -0.3 is 19.4 Å². The van der Waals surface area contributed by atoms with Gasteiger partial charge >= 0.3 is 12.1 Å². The average molecular weight is 399 g/mol. The Morgan fingerprint density at radius 3 is 2.36 bits per heavy atom. The number of nitrogens with zero attached hydrogens (tertiary/aromatic N) is 3. The van der Waals surface area contributed by atoms with E-state index >= 15 is 0 Å². The molecule has 1 aromatic carbocycles. The van der Waals surface area contributed by atoms with Crippen LogP contribution in [0.25, 0.3) is 0 Å². The van der Waals surface area contributed by atoms with E-state index in [0.29, 0.717) is 39.0 Å². The summed E-state index contributed by atoms with van der Waals surface area (Å²) in [6.07, 6.45) is -3.99. The van der Waals surface area contributed by atoms with Crippen molar-refractivity contribution in [2.75, 3.05) is 51.3 Å². The fourth-order valence-electron chi connectivity index (χ4n) is 3.86. The predicted octanol–water partition coefficient (Wildman–Crippen LogP) is 2.14. The fourth-order valence-corrected chi connectivity index (χ4v) is 3.86. The predicted molar refractivity (Wildman–Crippen MR) is 97.1 cm³/mol. The van der Waals surface area contributed by atoms with Gasteiger partial charge in [-0.25, -0.2) is 0 Å². The minimum absolute atomic E-state index is 0.0453. The van der Waals surface area contributed by atoms with Gasteiger partial charge in [-0.05, 0) is 25.0 Å². The molecule has 2 amide bonds. The number of alkyl halides is 3. The van der Waals surface area contributed by atoms with Crippen molar-refractivity contribution in [1.82, 2.24) is 9.80 Å². The molecule has 2 heterocycles. The van der Waals surface area contributed by atoms with Crippen LogP contribution in [0.5, 0.6) is 5.75 Å². The average Bonchev–Trinajstić information content (AvgIpc) is 2.72. The van der Waals surface area contributed by atoms with Crippen LogP contribution in [0.3, 0.4) is 0 Å². The number of piperidine rings is 1. The summed E-state index contributed by atoms with van der Waals surface area (Å²) in [5, 5.41) is 0. The summed E-state index contributed by atoms with van der Waals surface area (Å²) in [7, 11) is 1.61. The number of rotatable bonds is 3. The number of methoxy groups -OCH3 is 1. The molecule has 28 heavy (non-hydrogen) atoms. The third-order valence-electron chi connectivity index (χ3n) is 5.32. The third-order valence-corrected chi connectivity index (χ3v) is 5.32. The Morgan fingerprint density at radius 2 is 1.71 bits per heavy atom. The number of piperazine rings is 1. The Morgan fingerprint density at radius 1 is 1.04 bits per heavy atom. The normalized spacial score (nSPS) is 20.9. The minimum atomic E-state index is -4.90. The highest BCUT2D eigenvalue weighted by molar-refractivity contribution is 5.84. The zero-order valence-electron chi connectivity index (χ0n) is 15.7. The number of anilines is 1. The molecule has 0 N–H and O–H groups in total. The molecule has 0 spiro atoms. The van der Waals surface area contributed by atoms with Crippen LogP contribution in [0.15, 0.2) is 24.3 Å². The number of carbonyl (C=O) groups is 2. The molecule has 2 fully saturated rings. The van der Waals surface area contributed by atoms with Crippen molar-refractivity contribution < 1.29 is 27.5 Å². The van der Waals surface area contributed by atoms with Crippen LogP contribution < -0.4 is 9.64 Å². The van der Waals surface area contributed by atoms with Crippen LogP contribution in [-0.4, -0.2) is 74.2 Å². The standard InChI is InChI=1S/C19H24F3N3O3/c1-28-16-7-3-2-6-15(16)23-9-11-24(12-10-23)17(26)14-5-4-8-25(13-14)18(27)19(20,21)22/h2-3,6-7,14H,4-5,8-13H2,1H3. The fraction of sp³-hybridized carbons (Fsp3) is 0.579. The lowest BCUT2D eigenvalue weighted by molar-refractivity contribution is -0.187. The molecular weight excluding hydrogens is 375 g/mol. The van der Waals surface area contributed by atoms with Crippen molar-refractivity contribution in [1.29, 1.82) is 0 Å². The highest BCUT2D eigenvalue weighted by Crippen LogP contribution is 2.29. The van der Waals surface area contributed by atoms with E-state index in [1.54, 1.807) is 12.0 Å². The first-order chi connectivity index (χ1) is 13.3. The smallest absolute Gasteiger partial charge is 0.471 e. The second kappa shape index (κ2) is 8.28. The van der Waals surface area contributed by atoms with Crippen molar-refractivity contribution in [2.24, 2.45) is 5.92 Å². The lowest BCUT2D eigenvalue weighted by atomic mass is 9.96. The monoisotopic (exact) mass is 399 g/mol. The summed E-state index contributed by atoms with van der Waals surface area (Å²) in [6.45, 7) is 2.09. The highest BCUT2D eigenvalue weighted by atomic mass is 19.4. The van der Waals surface area contributed by atoms with Gasteiger partial charge in [0.1, 0.15) is 5.75 Å². The van der Waals surface area contributed by atoms with E-state index in [4.69, 9.17) is 4.74 Å². The van der Waals surface area contributed by atoms with Gasteiger partial charge in [-0.15, -0.1) is 0 Å². The summed E-state index contributed by atoms with van der Waals surface area (Å²) in [4.78, 5) is 28.9. The maximum Gasteiger partial charge on any atom is 0.471 e. The molecule has 2 aliphatic rings. The third kappa shape index (κ3) is 4.34. The Kier molecular flexibility index (Phi) is 6.00. The van der Waals surface area contributed by atoms with Crippen molar-refractivity contribution in [3.63, 3.8) is 0 Å². The van der Waals surface area contributed by atoms with Gasteiger partial charge in [0.2, 0.25) is 5.91 Å². The van der Waals surface area contributed by atoms with Crippen LogP contribution in [0.4, 0.5) is 18.9 Å². The number of hydrogen-bond donors (Lipinski definition) is 0. The molecule has 154 valence electrons. The largest absolute Gasteiger partial charge is 0.495 e. The number of amides is 2. The van der Waals surface area contributed by atoms with E-state index in [1.807, 2.05) is 24.3 Å². The molecule has 0 aromatic heterocycles. The van der Waals surface area contributed by atoms with Crippen LogP contribution in [0.2, 0.25) is 0 Å². The van der Waals surface area contributed by atoms with Crippen molar-refractivity contribution in [3.05, 3.63) is 24.3 Å². The van der Waals surface area contributed by atoms with Gasteiger partial charge in [0.15, 0.2) is 0 Å². The lowest BCUT2D eigenvalue weighted by Gasteiger charge is -2.40. The lowest BCUT2D eigenvalue weighted by Crippen LogP contribution is -2.54. The number of benzene rings is 1. The van der Waals surface area contributed by atoms with Crippen LogP contribution in [0, 0.1) is 5.92 Å². The molecule has 0 saturated carbocycles. The maximum atomic E-state index is 12.8. The molecule has 3 rings (SSSR count). The Labute approximate surface area is 161 Å². The van der Waals surface area contributed by atoms with Crippen LogP contribution in [-0.2, 0) is 9.59 Å². The van der Waals surface area contributed by atoms with Gasteiger partial charge in [0.05, 0.1) is 18.7 Å². The molecule has 2 aliphatic heterocycles.